The van der Waals surface area contributed by atoms with Gasteiger partial charge in [-0.25, -0.2) is 0 Å². The maximum absolute atomic E-state index is 5.88. The van der Waals surface area contributed by atoms with E-state index in [0.717, 1.165) is 24.2 Å². The third-order valence-corrected chi connectivity index (χ3v) is 6.08. The van der Waals surface area contributed by atoms with Crippen molar-refractivity contribution >= 4 is 0 Å². The predicted molar refractivity (Wildman–Crippen MR) is 92.2 cm³/mol. The summed E-state index contributed by atoms with van der Waals surface area (Å²) in [6.07, 6.45) is 6.83. The molecule has 0 N–H and O–H groups in total. The van der Waals surface area contributed by atoms with Crippen LogP contribution < -0.4 is 4.74 Å². The highest BCUT2D eigenvalue weighted by atomic mass is 16.5. The average molecular weight is 301 g/mol. The van der Waals surface area contributed by atoms with Crippen molar-refractivity contribution in [3.63, 3.8) is 0 Å². The number of nitrogens with zero attached hydrogens (tertiary/aromatic N) is 1. The molecule has 2 fully saturated rings. The molecular formula is C20H31NO. The Morgan fingerprint density at radius 3 is 2.45 bits per heavy atom. The lowest BCUT2D eigenvalue weighted by atomic mass is 9.53. The molecular weight excluding hydrogens is 270 g/mol. The molecule has 122 valence electrons. The molecule has 2 atom stereocenters. The molecule has 2 aliphatic rings. The molecule has 1 aromatic carbocycles. The van der Waals surface area contributed by atoms with Crippen LogP contribution in [0, 0.1) is 17.3 Å². The normalized spacial score (nSPS) is 28.1. The van der Waals surface area contributed by atoms with Gasteiger partial charge in [-0.3, -0.25) is 0 Å². The number of benzene rings is 1. The van der Waals surface area contributed by atoms with E-state index in [1.165, 1.54) is 51.7 Å². The van der Waals surface area contributed by atoms with E-state index in [-0.39, 0.29) is 0 Å². The highest BCUT2D eigenvalue weighted by Gasteiger charge is 2.47. The Morgan fingerprint density at radius 2 is 1.77 bits per heavy atom. The van der Waals surface area contributed by atoms with Crippen molar-refractivity contribution in [2.24, 2.45) is 17.3 Å². The highest BCUT2D eigenvalue weighted by molar-refractivity contribution is 5.20. The van der Waals surface area contributed by atoms with Crippen LogP contribution in [0.1, 0.15) is 46.0 Å². The van der Waals surface area contributed by atoms with E-state index in [1.54, 1.807) is 0 Å². The van der Waals surface area contributed by atoms with Crippen LogP contribution in [0.15, 0.2) is 30.3 Å². The van der Waals surface area contributed by atoms with Crippen molar-refractivity contribution in [1.29, 1.82) is 0 Å². The minimum Gasteiger partial charge on any atom is -0.494 e. The third kappa shape index (κ3) is 3.65. The van der Waals surface area contributed by atoms with Gasteiger partial charge >= 0.3 is 0 Å². The van der Waals surface area contributed by atoms with Gasteiger partial charge in [0.25, 0.3) is 0 Å². The number of hydrogen-bond acceptors (Lipinski definition) is 2. The first-order valence-electron chi connectivity index (χ1n) is 9.06. The van der Waals surface area contributed by atoms with Crippen molar-refractivity contribution in [2.75, 3.05) is 26.2 Å². The molecule has 1 aliphatic carbocycles. The van der Waals surface area contributed by atoms with Gasteiger partial charge in [-0.05, 0) is 68.2 Å². The van der Waals surface area contributed by atoms with Crippen LogP contribution in [0.4, 0.5) is 0 Å². The zero-order valence-electron chi connectivity index (χ0n) is 14.3. The van der Waals surface area contributed by atoms with Crippen LogP contribution in [0.2, 0.25) is 0 Å². The van der Waals surface area contributed by atoms with Gasteiger partial charge in [0.05, 0.1) is 6.61 Å². The molecule has 0 radical (unpaired) electrons. The molecule has 2 nitrogen and oxygen atoms in total. The fourth-order valence-corrected chi connectivity index (χ4v) is 4.21. The lowest BCUT2D eigenvalue weighted by molar-refractivity contribution is -0.0514. The quantitative estimate of drug-likeness (QED) is 0.761. The molecule has 0 bridgehead atoms. The Morgan fingerprint density at radius 1 is 1.05 bits per heavy atom. The Labute approximate surface area is 135 Å². The van der Waals surface area contributed by atoms with Crippen molar-refractivity contribution in [1.82, 2.24) is 4.90 Å². The van der Waals surface area contributed by atoms with Gasteiger partial charge in [-0.1, -0.05) is 38.5 Å². The Kier molecular flexibility index (Phi) is 5.07. The zero-order valence-corrected chi connectivity index (χ0v) is 14.3. The largest absolute Gasteiger partial charge is 0.494 e. The van der Waals surface area contributed by atoms with Crippen LogP contribution in [-0.2, 0) is 0 Å². The highest BCUT2D eigenvalue weighted by Crippen LogP contribution is 2.53. The summed E-state index contributed by atoms with van der Waals surface area (Å²) in [6, 6.07) is 10.2. The van der Waals surface area contributed by atoms with Crippen LogP contribution >= 0.6 is 0 Å². The number of para-hydroxylation sites is 1. The van der Waals surface area contributed by atoms with Crippen LogP contribution in [0.5, 0.6) is 5.75 Å². The average Bonchev–Trinajstić information content (AvgIpc) is 2.55. The van der Waals surface area contributed by atoms with E-state index in [0.29, 0.717) is 5.41 Å². The lowest BCUT2D eigenvalue weighted by Gasteiger charge is -2.54. The van der Waals surface area contributed by atoms with E-state index in [4.69, 9.17) is 4.74 Å². The summed E-state index contributed by atoms with van der Waals surface area (Å²) in [5.74, 6) is 2.71. The molecule has 0 aromatic heterocycles. The summed E-state index contributed by atoms with van der Waals surface area (Å²) in [5, 5.41) is 0. The monoisotopic (exact) mass is 301 g/mol. The molecule has 1 aliphatic heterocycles. The van der Waals surface area contributed by atoms with Gasteiger partial charge in [-0.15, -0.1) is 0 Å². The van der Waals surface area contributed by atoms with Crippen molar-refractivity contribution in [3.8, 4) is 5.75 Å². The smallest absolute Gasteiger partial charge is 0.119 e. The van der Waals surface area contributed by atoms with Crippen molar-refractivity contribution in [2.45, 2.75) is 46.0 Å². The van der Waals surface area contributed by atoms with Crippen molar-refractivity contribution < 1.29 is 4.74 Å². The molecule has 1 heterocycles. The van der Waals surface area contributed by atoms with Gasteiger partial charge in [0.15, 0.2) is 0 Å². The first-order chi connectivity index (χ1) is 10.7. The number of piperidine rings is 1. The van der Waals surface area contributed by atoms with Gasteiger partial charge in [0, 0.05) is 6.54 Å². The molecule has 3 rings (SSSR count). The van der Waals surface area contributed by atoms with Crippen molar-refractivity contribution in [3.05, 3.63) is 30.3 Å². The minimum atomic E-state index is 0.484. The first-order valence-corrected chi connectivity index (χ1v) is 9.06. The Bertz CT molecular complexity index is 450. The zero-order chi connectivity index (χ0) is 15.4. The SMILES string of the molecule is CC1(C)C(CN2CCCCC2)C[C@@H]1CCOc1ccccc1. The van der Waals surface area contributed by atoms with Gasteiger partial charge < -0.3 is 9.64 Å². The molecule has 1 saturated heterocycles. The molecule has 0 amide bonds. The lowest BCUT2D eigenvalue weighted by Crippen LogP contribution is -2.51. The molecule has 1 saturated carbocycles. The Balaban J connectivity index is 1.40. The molecule has 1 unspecified atom stereocenters. The van der Waals surface area contributed by atoms with Gasteiger partial charge in [-0.2, -0.15) is 0 Å². The second-order valence-electron chi connectivity index (χ2n) is 7.76. The maximum atomic E-state index is 5.88. The third-order valence-electron chi connectivity index (χ3n) is 6.08. The Hall–Kier alpha value is -1.02. The fourth-order valence-electron chi connectivity index (χ4n) is 4.21. The molecule has 0 spiro atoms. The molecule has 22 heavy (non-hydrogen) atoms. The number of likely N-dealkylation sites (tertiary alicyclic amines) is 1. The van der Waals surface area contributed by atoms with E-state index in [2.05, 4.69) is 18.7 Å². The molecule has 1 aromatic rings. The summed E-state index contributed by atoms with van der Waals surface area (Å²) in [5.41, 5.74) is 0.484. The van der Waals surface area contributed by atoms with E-state index in [1.807, 2.05) is 30.3 Å². The molecule has 2 heteroatoms. The maximum Gasteiger partial charge on any atom is 0.119 e. The number of hydrogen-bond donors (Lipinski definition) is 0. The van der Waals surface area contributed by atoms with Gasteiger partial charge in [0.2, 0.25) is 0 Å². The second-order valence-corrected chi connectivity index (χ2v) is 7.76. The van der Waals surface area contributed by atoms with E-state index < -0.39 is 0 Å². The summed E-state index contributed by atoms with van der Waals surface area (Å²) < 4.78 is 5.88. The van der Waals surface area contributed by atoms with E-state index >= 15 is 0 Å². The van der Waals surface area contributed by atoms with Crippen LogP contribution in [0.25, 0.3) is 0 Å². The summed E-state index contributed by atoms with van der Waals surface area (Å²) in [7, 11) is 0. The summed E-state index contributed by atoms with van der Waals surface area (Å²) in [6.45, 7) is 9.77. The standard InChI is InChI=1S/C20H31NO/c1-20(2)17(11-14-22-19-9-5-3-6-10-19)15-18(20)16-21-12-7-4-8-13-21/h3,5-6,9-10,17-18H,4,7-8,11-16H2,1-2H3/t17-,18?/m0/s1. The van der Waals surface area contributed by atoms with E-state index in [9.17, 15) is 0 Å². The second kappa shape index (κ2) is 7.04. The van der Waals surface area contributed by atoms with Gasteiger partial charge in [0.1, 0.15) is 5.75 Å². The van der Waals surface area contributed by atoms with Crippen LogP contribution in [0.3, 0.4) is 0 Å². The minimum absolute atomic E-state index is 0.484. The number of ether oxygens (including phenoxy) is 1. The first kappa shape index (κ1) is 15.9. The topological polar surface area (TPSA) is 12.5 Å². The van der Waals surface area contributed by atoms with Crippen LogP contribution in [-0.4, -0.2) is 31.1 Å². The fraction of sp³-hybridized carbons (Fsp3) is 0.700. The number of rotatable bonds is 6. The predicted octanol–water partition coefficient (Wildman–Crippen LogP) is 4.60. The summed E-state index contributed by atoms with van der Waals surface area (Å²) in [4.78, 5) is 2.70. The summed E-state index contributed by atoms with van der Waals surface area (Å²) >= 11 is 0.